The number of benzene rings is 1. The van der Waals surface area contributed by atoms with Gasteiger partial charge in [0.1, 0.15) is 5.82 Å². The Labute approximate surface area is 95.6 Å². The molecule has 1 heterocycles. The van der Waals surface area contributed by atoms with Gasteiger partial charge < -0.3 is 5.73 Å². The van der Waals surface area contributed by atoms with E-state index in [0.29, 0.717) is 5.69 Å². The van der Waals surface area contributed by atoms with Crippen molar-refractivity contribution in [2.45, 2.75) is 19.9 Å². The van der Waals surface area contributed by atoms with E-state index in [0.717, 1.165) is 31.6 Å². The van der Waals surface area contributed by atoms with Crippen LogP contribution < -0.4 is 5.73 Å². The van der Waals surface area contributed by atoms with Crippen molar-refractivity contribution in [1.29, 1.82) is 0 Å². The molecule has 0 saturated carbocycles. The highest BCUT2D eigenvalue weighted by Gasteiger charge is 2.11. The number of halogens is 1. The summed E-state index contributed by atoms with van der Waals surface area (Å²) in [6, 6.07) is 4.56. The largest absolute Gasteiger partial charge is 0.398 e. The van der Waals surface area contributed by atoms with E-state index in [1.165, 1.54) is 17.7 Å². The highest BCUT2D eigenvalue weighted by Crippen LogP contribution is 2.18. The SMILES string of the molecule is CC1=CCN(Cc2cc(F)ccc2N)CC1. The molecule has 86 valence electrons. The van der Waals surface area contributed by atoms with Crippen molar-refractivity contribution < 1.29 is 4.39 Å². The van der Waals surface area contributed by atoms with Gasteiger partial charge in [-0.1, -0.05) is 11.6 Å². The lowest BCUT2D eigenvalue weighted by atomic mass is 10.1. The van der Waals surface area contributed by atoms with Gasteiger partial charge >= 0.3 is 0 Å². The van der Waals surface area contributed by atoms with E-state index in [9.17, 15) is 4.39 Å². The van der Waals surface area contributed by atoms with E-state index in [1.807, 2.05) is 0 Å². The molecule has 0 aromatic heterocycles. The minimum Gasteiger partial charge on any atom is -0.398 e. The van der Waals surface area contributed by atoms with Gasteiger partial charge in [-0.2, -0.15) is 0 Å². The van der Waals surface area contributed by atoms with Crippen LogP contribution in [0.25, 0.3) is 0 Å². The average Bonchev–Trinajstić information content (AvgIpc) is 2.27. The number of nitrogens with zero attached hydrogens (tertiary/aromatic N) is 1. The third-order valence-corrected chi connectivity index (χ3v) is 3.02. The van der Waals surface area contributed by atoms with Gasteiger partial charge in [-0.3, -0.25) is 4.90 Å². The summed E-state index contributed by atoms with van der Waals surface area (Å²) >= 11 is 0. The Hall–Kier alpha value is -1.35. The number of nitrogen functional groups attached to an aromatic ring is 1. The van der Waals surface area contributed by atoms with Crippen molar-refractivity contribution in [1.82, 2.24) is 4.90 Å². The van der Waals surface area contributed by atoms with Crippen LogP contribution in [-0.2, 0) is 6.54 Å². The first-order valence-electron chi connectivity index (χ1n) is 5.57. The maximum Gasteiger partial charge on any atom is 0.123 e. The zero-order chi connectivity index (χ0) is 11.5. The molecule has 0 saturated heterocycles. The standard InChI is InChI=1S/C13H17FN2/c1-10-4-6-16(7-5-10)9-11-8-12(14)2-3-13(11)15/h2-4,8H,5-7,9,15H2,1H3. The van der Waals surface area contributed by atoms with Gasteiger partial charge in [-0.05, 0) is 37.1 Å². The number of hydrogen-bond acceptors (Lipinski definition) is 2. The zero-order valence-corrected chi connectivity index (χ0v) is 9.54. The fourth-order valence-corrected chi connectivity index (χ4v) is 1.91. The maximum absolute atomic E-state index is 13.1. The molecule has 1 aliphatic heterocycles. The number of rotatable bonds is 2. The van der Waals surface area contributed by atoms with Gasteiger partial charge in [-0.25, -0.2) is 4.39 Å². The third-order valence-electron chi connectivity index (χ3n) is 3.02. The molecule has 0 spiro atoms. The van der Waals surface area contributed by atoms with Crippen LogP contribution in [0.5, 0.6) is 0 Å². The topological polar surface area (TPSA) is 29.3 Å². The van der Waals surface area contributed by atoms with E-state index in [4.69, 9.17) is 5.73 Å². The van der Waals surface area contributed by atoms with Gasteiger partial charge in [0.25, 0.3) is 0 Å². The van der Waals surface area contributed by atoms with Crippen molar-refractivity contribution in [3.63, 3.8) is 0 Å². The van der Waals surface area contributed by atoms with Crippen molar-refractivity contribution in [2.75, 3.05) is 18.8 Å². The van der Waals surface area contributed by atoms with Crippen molar-refractivity contribution in [3.8, 4) is 0 Å². The normalized spacial score (nSPS) is 17.2. The van der Waals surface area contributed by atoms with Gasteiger partial charge in [0, 0.05) is 25.3 Å². The minimum absolute atomic E-state index is 0.215. The summed E-state index contributed by atoms with van der Waals surface area (Å²) in [7, 11) is 0. The Morgan fingerprint density at radius 3 is 2.94 bits per heavy atom. The smallest absolute Gasteiger partial charge is 0.123 e. The first kappa shape index (κ1) is 11.1. The summed E-state index contributed by atoms with van der Waals surface area (Å²) in [4.78, 5) is 2.28. The molecule has 16 heavy (non-hydrogen) atoms. The molecule has 2 rings (SSSR count). The Bertz CT molecular complexity index is 412. The fraction of sp³-hybridized carbons (Fsp3) is 0.385. The molecule has 0 unspecified atom stereocenters. The first-order chi connectivity index (χ1) is 7.65. The molecule has 0 amide bonds. The Balaban J connectivity index is 2.06. The number of anilines is 1. The lowest BCUT2D eigenvalue weighted by Gasteiger charge is -2.25. The van der Waals surface area contributed by atoms with Crippen molar-refractivity contribution in [2.24, 2.45) is 0 Å². The molecule has 2 N–H and O–H groups in total. The Morgan fingerprint density at radius 2 is 2.25 bits per heavy atom. The molecule has 0 radical (unpaired) electrons. The molecule has 0 aliphatic carbocycles. The lowest BCUT2D eigenvalue weighted by Crippen LogP contribution is -2.28. The maximum atomic E-state index is 13.1. The minimum atomic E-state index is -0.215. The van der Waals surface area contributed by atoms with Crippen LogP contribution in [0.3, 0.4) is 0 Å². The number of hydrogen-bond donors (Lipinski definition) is 1. The second kappa shape index (κ2) is 4.66. The molecular weight excluding hydrogens is 203 g/mol. The van der Waals surface area contributed by atoms with Crippen LogP contribution in [0.4, 0.5) is 10.1 Å². The van der Waals surface area contributed by atoms with Gasteiger partial charge in [0.2, 0.25) is 0 Å². The van der Waals surface area contributed by atoms with Crippen molar-refractivity contribution in [3.05, 3.63) is 41.2 Å². The van der Waals surface area contributed by atoms with Crippen LogP contribution in [-0.4, -0.2) is 18.0 Å². The molecule has 0 fully saturated rings. The van der Waals surface area contributed by atoms with Crippen LogP contribution in [0.1, 0.15) is 18.9 Å². The second-order valence-electron chi connectivity index (χ2n) is 4.38. The summed E-state index contributed by atoms with van der Waals surface area (Å²) in [6.07, 6.45) is 3.31. The molecule has 2 nitrogen and oxygen atoms in total. The van der Waals surface area contributed by atoms with E-state index >= 15 is 0 Å². The summed E-state index contributed by atoms with van der Waals surface area (Å²) in [5.41, 5.74) is 8.82. The Kier molecular flexibility index (Phi) is 3.25. The molecule has 0 bridgehead atoms. The van der Waals surface area contributed by atoms with E-state index < -0.39 is 0 Å². The Morgan fingerprint density at radius 1 is 1.44 bits per heavy atom. The van der Waals surface area contributed by atoms with Crippen LogP contribution in [0.2, 0.25) is 0 Å². The second-order valence-corrected chi connectivity index (χ2v) is 4.38. The van der Waals surface area contributed by atoms with Gasteiger partial charge in [-0.15, -0.1) is 0 Å². The quantitative estimate of drug-likeness (QED) is 0.613. The summed E-state index contributed by atoms with van der Waals surface area (Å²) in [5, 5.41) is 0. The number of nitrogens with two attached hydrogens (primary N) is 1. The summed E-state index contributed by atoms with van der Waals surface area (Å²) in [5.74, 6) is -0.215. The highest BCUT2D eigenvalue weighted by atomic mass is 19.1. The zero-order valence-electron chi connectivity index (χ0n) is 9.54. The molecule has 1 aliphatic rings. The monoisotopic (exact) mass is 220 g/mol. The van der Waals surface area contributed by atoms with Crippen LogP contribution in [0.15, 0.2) is 29.8 Å². The predicted octanol–water partition coefficient (Wildman–Crippen LogP) is 2.56. The predicted molar refractivity (Wildman–Crippen MR) is 64.5 cm³/mol. The molecule has 1 aromatic carbocycles. The third kappa shape index (κ3) is 2.61. The fourth-order valence-electron chi connectivity index (χ4n) is 1.91. The van der Waals surface area contributed by atoms with Crippen LogP contribution >= 0.6 is 0 Å². The summed E-state index contributed by atoms with van der Waals surface area (Å²) < 4.78 is 13.1. The van der Waals surface area contributed by atoms with Gasteiger partial charge in [0.15, 0.2) is 0 Å². The average molecular weight is 220 g/mol. The van der Waals surface area contributed by atoms with Gasteiger partial charge in [0.05, 0.1) is 0 Å². The lowest BCUT2D eigenvalue weighted by molar-refractivity contribution is 0.286. The van der Waals surface area contributed by atoms with E-state index in [2.05, 4.69) is 17.9 Å². The molecular formula is C13H17FN2. The van der Waals surface area contributed by atoms with Crippen molar-refractivity contribution >= 4 is 5.69 Å². The highest BCUT2D eigenvalue weighted by molar-refractivity contribution is 5.46. The van der Waals surface area contributed by atoms with Crippen LogP contribution in [0, 0.1) is 5.82 Å². The molecule has 1 aromatic rings. The first-order valence-corrected chi connectivity index (χ1v) is 5.57. The molecule has 0 atom stereocenters. The molecule has 3 heteroatoms. The van der Waals surface area contributed by atoms with E-state index in [-0.39, 0.29) is 5.82 Å². The summed E-state index contributed by atoms with van der Waals surface area (Å²) in [6.45, 7) is 4.83. The van der Waals surface area contributed by atoms with E-state index in [1.54, 1.807) is 6.07 Å².